The van der Waals surface area contributed by atoms with E-state index in [9.17, 15) is 0 Å². The Balaban J connectivity index is 1.86. The minimum atomic E-state index is -0.848. The number of hydrogen-bond acceptors (Lipinski definition) is 4. The Kier molecular flexibility index (Phi) is 4.34. The van der Waals surface area contributed by atoms with Crippen molar-refractivity contribution in [1.29, 1.82) is 0 Å². The molecule has 0 unspecified atom stereocenters. The molecule has 0 aromatic heterocycles. The number of rotatable bonds is 4. The average molecular weight is 397 g/mol. The summed E-state index contributed by atoms with van der Waals surface area (Å²) >= 11 is 0. The highest BCUT2D eigenvalue weighted by atomic mass is 16.7. The van der Waals surface area contributed by atoms with Crippen LogP contribution in [0.3, 0.4) is 0 Å². The van der Waals surface area contributed by atoms with Crippen LogP contribution < -0.4 is 18.9 Å². The minimum Gasteiger partial charge on any atom is -0.494 e. The van der Waals surface area contributed by atoms with Gasteiger partial charge in [-0.1, -0.05) is 0 Å². The molecule has 0 N–H and O–H groups in total. The van der Waals surface area contributed by atoms with Gasteiger partial charge in [0.2, 0.25) is 0 Å². The predicted molar refractivity (Wildman–Crippen MR) is 115 cm³/mol. The van der Waals surface area contributed by atoms with E-state index in [1.807, 2.05) is 13.8 Å². The van der Waals surface area contributed by atoms with Crippen molar-refractivity contribution < 1.29 is 18.9 Å². The maximum absolute atomic E-state index is 6.70. The topological polar surface area (TPSA) is 36.9 Å². The van der Waals surface area contributed by atoms with Crippen molar-refractivity contribution in [3.05, 3.63) is 46.5 Å². The summed E-state index contributed by atoms with van der Waals surface area (Å²) in [7, 11) is 0. The van der Waals surface area contributed by atoms with E-state index in [0.717, 1.165) is 45.3 Å². The number of hydrogen-bond donors (Lipinski definition) is 0. The molecule has 4 rings (SSSR count). The van der Waals surface area contributed by atoms with Gasteiger partial charge in [0.1, 0.15) is 23.0 Å². The SMILES string of the molecule is CCOc1cc2c(cc1C)OC1(Oc3cc(C)c(OCC)cc3C1(C)C)C2(C)C. The lowest BCUT2D eigenvalue weighted by Crippen LogP contribution is -2.61. The molecule has 2 heterocycles. The lowest BCUT2D eigenvalue weighted by molar-refractivity contribution is -0.169. The van der Waals surface area contributed by atoms with Crippen LogP contribution in [0.15, 0.2) is 24.3 Å². The van der Waals surface area contributed by atoms with E-state index < -0.39 is 5.79 Å². The van der Waals surface area contributed by atoms with Crippen LogP contribution in [0.5, 0.6) is 23.0 Å². The van der Waals surface area contributed by atoms with Gasteiger partial charge in [0.15, 0.2) is 0 Å². The summed E-state index contributed by atoms with van der Waals surface area (Å²) in [5, 5.41) is 0. The molecule has 2 aromatic rings. The van der Waals surface area contributed by atoms with Crippen molar-refractivity contribution in [3.8, 4) is 23.0 Å². The summed E-state index contributed by atoms with van der Waals surface area (Å²) in [5.74, 6) is 2.71. The Hall–Kier alpha value is -2.36. The second kappa shape index (κ2) is 6.32. The van der Waals surface area contributed by atoms with Gasteiger partial charge in [-0.05, 0) is 90.8 Å². The molecule has 4 heteroatoms. The third-order valence-electron chi connectivity index (χ3n) is 6.65. The second-order valence-electron chi connectivity index (χ2n) is 9.16. The maximum Gasteiger partial charge on any atom is 0.269 e. The monoisotopic (exact) mass is 396 g/mol. The first-order chi connectivity index (χ1) is 13.6. The molecular weight excluding hydrogens is 364 g/mol. The van der Waals surface area contributed by atoms with E-state index in [0.29, 0.717) is 13.2 Å². The third kappa shape index (κ3) is 2.50. The van der Waals surface area contributed by atoms with Gasteiger partial charge < -0.3 is 18.9 Å². The summed E-state index contributed by atoms with van der Waals surface area (Å²) in [4.78, 5) is 0. The zero-order chi connectivity index (χ0) is 21.2. The molecule has 0 radical (unpaired) electrons. The summed E-state index contributed by atoms with van der Waals surface area (Å²) < 4.78 is 25.1. The van der Waals surface area contributed by atoms with Crippen molar-refractivity contribution in [1.82, 2.24) is 0 Å². The lowest BCUT2D eigenvalue weighted by atomic mass is 9.65. The molecule has 2 aliphatic rings. The highest BCUT2D eigenvalue weighted by Gasteiger charge is 2.69. The fourth-order valence-corrected chi connectivity index (χ4v) is 5.07. The van der Waals surface area contributed by atoms with Gasteiger partial charge >= 0.3 is 0 Å². The number of benzene rings is 2. The van der Waals surface area contributed by atoms with Crippen LogP contribution in [0.4, 0.5) is 0 Å². The van der Waals surface area contributed by atoms with Crippen LogP contribution in [0.1, 0.15) is 63.8 Å². The van der Waals surface area contributed by atoms with Gasteiger partial charge in [0, 0.05) is 11.1 Å². The van der Waals surface area contributed by atoms with Crippen LogP contribution in [0.25, 0.3) is 0 Å². The van der Waals surface area contributed by atoms with Crippen LogP contribution in [0.2, 0.25) is 0 Å². The largest absolute Gasteiger partial charge is 0.494 e. The first kappa shape index (κ1) is 19.9. The Morgan fingerprint density at radius 1 is 0.690 bits per heavy atom. The number of aryl methyl sites for hydroxylation is 2. The van der Waals surface area contributed by atoms with E-state index in [2.05, 4.69) is 65.8 Å². The molecule has 2 aromatic carbocycles. The molecule has 1 spiro atoms. The summed E-state index contributed by atoms with van der Waals surface area (Å²) in [6.45, 7) is 18.2. The highest BCUT2D eigenvalue weighted by molar-refractivity contribution is 5.60. The van der Waals surface area contributed by atoms with Crippen molar-refractivity contribution in [2.45, 2.75) is 72.0 Å². The van der Waals surface area contributed by atoms with Gasteiger partial charge in [0.25, 0.3) is 5.79 Å². The first-order valence-electron chi connectivity index (χ1n) is 10.5. The Morgan fingerprint density at radius 2 is 1.07 bits per heavy atom. The summed E-state index contributed by atoms with van der Waals surface area (Å²) in [5.41, 5.74) is 3.61. The van der Waals surface area contributed by atoms with E-state index in [1.165, 1.54) is 0 Å². The van der Waals surface area contributed by atoms with Crippen LogP contribution in [-0.2, 0) is 10.8 Å². The molecule has 0 saturated carbocycles. The van der Waals surface area contributed by atoms with E-state index >= 15 is 0 Å². The maximum atomic E-state index is 6.70. The molecule has 0 aliphatic carbocycles. The zero-order valence-electron chi connectivity index (χ0n) is 18.9. The standard InChI is InChI=1S/C25H32O4/c1-9-26-19-13-17-21(11-15(19)3)28-25(23(17,5)6)24(7,8)18-14-20(27-10-2)16(4)12-22(18)29-25/h11-14H,9-10H2,1-8H3. The smallest absolute Gasteiger partial charge is 0.269 e. The summed E-state index contributed by atoms with van der Waals surface area (Å²) in [6.07, 6.45) is 0. The molecule has 0 amide bonds. The molecule has 0 saturated heterocycles. The van der Waals surface area contributed by atoms with E-state index in [-0.39, 0.29) is 10.8 Å². The quantitative estimate of drug-likeness (QED) is 0.651. The van der Waals surface area contributed by atoms with Crippen LogP contribution >= 0.6 is 0 Å². The van der Waals surface area contributed by atoms with Crippen molar-refractivity contribution in [2.75, 3.05) is 13.2 Å². The van der Waals surface area contributed by atoms with Crippen LogP contribution in [0, 0.1) is 13.8 Å². The van der Waals surface area contributed by atoms with Gasteiger partial charge in [-0.2, -0.15) is 0 Å². The molecule has 0 fully saturated rings. The average Bonchev–Trinajstić information content (AvgIpc) is 2.98. The van der Waals surface area contributed by atoms with Gasteiger partial charge in [-0.15, -0.1) is 0 Å². The van der Waals surface area contributed by atoms with Gasteiger partial charge in [-0.25, -0.2) is 0 Å². The second-order valence-corrected chi connectivity index (χ2v) is 9.16. The molecule has 0 atom stereocenters. The van der Waals surface area contributed by atoms with Gasteiger partial charge in [0.05, 0.1) is 24.0 Å². The predicted octanol–water partition coefficient (Wildman–Crippen LogP) is 5.84. The Morgan fingerprint density at radius 3 is 1.41 bits per heavy atom. The van der Waals surface area contributed by atoms with Crippen molar-refractivity contribution in [2.24, 2.45) is 0 Å². The fraction of sp³-hybridized carbons (Fsp3) is 0.520. The number of fused-ring (bicyclic) bond motifs is 2. The fourth-order valence-electron chi connectivity index (χ4n) is 5.07. The summed E-state index contributed by atoms with van der Waals surface area (Å²) in [6, 6.07) is 8.41. The van der Waals surface area contributed by atoms with Crippen molar-refractivity contribution in [3.63, 3.8) is 0 Å². The zero-order valence-corrected chi connectivity index (χ0v) is 18.9. The molecule has 0 bridgehead atoms. The third-order valence-corrected chi connectivity index (χ3v) is 6.65. The molecule has 29 heavy (non-hydrogen) atoms. The molecule has 4 nitrogen and oxygen atoms in total. The molecular formula is C25H32O4. The van der Waals surface area contributed by atoms with Crippen LogP contribution in [-0.4, -0.2) is 19.0 Å². The highest BCUT2D eigenvalue weighted by Crippen LogP contribution is 2.63. The van der Waals surface area contributed by atoms with E-state index in [1.54, 1.807) is 0 Å². The van der Waals surface area contributed by atoms with Gasteiger partial charge in [-0.3, -0.25) is 0 Å². The molecule has 156 valence electrons. The molecule has 2 aliphatic heterocycles. The Bertz CT molecular complexity index is 892. The first-order valence-corrected chi connectivity index (χ1v) is 10.5. The van der Waals surface area contributed by atoms with E-state index in [4.69, 9.17) is 18.9 Å². The minimum absolute atomic E-state index is 0.385. The van der Waals surface area contributed by atoms with Crippen molar-refractivity contribution >= 4 is 0 Å². The Labute approximate surface area is 174 Å². The normalized spacial score (nSPS) is 19.3. The lowest BCUT2D eigenvalue weighted by Gasteiger charge is -2.44. The number of ether oxygens (including phenoxy) is 4.